The molecule has 1 fully saturated rings. The van der Waals surface area contributed by atoms with E-state index in [2.05, 4.69) is 5.32 Å². The smallest absolute Gasteiger partial charge is 0.239 e. The van der Waals surface area contributed by atoms with E-state index in [4.69, 9.17) is 0 Å². The number of carbonyl (C=O) groups is 2. The molecule has 74 valence electrons. The van der Waals surface area contributed by atoms with E-state index in [1.54, 1.807) is 16.7 Å². The molecule has 0 saturated carbocycles. The highest BCUT2D eigenvalue weighted by atomic mass is 32.2. The number of hydrogen-bond donors (Lipinski definition) is 1. The maximum absolute atomic E-state index is 11.4. The van der Waals surface area contributed by atoms with E-state index in [1.165, 1.54) is 0 Å². The highest BCUT2D eigenvalue weighted by Gasteiger charge is 2.19. The summed E-state index contributed by atoms with van der Waals surface area (Å²) in [7, 11) is 0. The number of amides is 2. The molecule has 1 rings (SSSR count). The van der Waals surface area contributed by atoms with E-state index in [9.17, 15) is 9.59 Å². The topological polar surface area (TPSA) is 49.4 Å². The maximum Gasteiger partial charge on any atom is 0.239 e. The molecule has 0 bridgehead atoms. The van der Waals surface area contributed by atoms with Crippen LogP contribution in [-0.4, -0.2) is 48.4 Å². The fourth-order valence-corrected chi connectivity index (χ4v) is 1.58. The Labute approximate surface area is 82.0 Å². The van der Waals surface area contributed by atoms with Crippen molar-refractivity contribution in [1.29, 1.82) is 0 Å². The van der Waals surface area contributed by atoms with Crippen LogP contribution in [0.1, 0.15) is 6.42 Å². The highest BCUT2D eigenvalue weighted by molar-refractivity contribution is 7.98. The van der Waals surface area contributed by atoms with E-state index >= 15 is 0 Å². The number of piperazine rings is 1. The Morgan fingerprint density at radius 2 is 2.46 bits per heavy atom. The van der Waals surface area contributed by atoms with Crippen molar-refractivity contribution in [2.45, 2.75) is 6.42 Å². The zero-order chi connectivity index (χ0) is 9.68. The summed E-state index contributed by atoms with van der Waals surface area (Å²) in [6.45, 7) is 1.47. The highest BCUT2D eigenvalue weighted by Crippen LogP contribution is 2.02. The van der Waals surface area contributed by atoms with Crippen LogP contribution in [0.15, 0.2) is 0 Å². The van der Waals surface area contributed by atoms with Gasteiger partial charge in [0.1, 0.15) is 0 Å². The van der Waals surface area contributed by atoms with Gasteiger partial charge >= 0.3 is 0 Å². The summed E-state index contributed by atoms with van der Waals surface area (Å²) >= 11 is 1.65. The summed E-state index contributed by atoms with van der Waals surface area (Å²) < 4.78 is 0. The fraction of sp³-hybridized carbons (Fsp3) is 0.750. The minimum absolute atomic E-state index is 0.0521. The van der Waals surface area contributed by atoms with Crippen LogP contribution >= 0.6 is 11.8 Å². The van der Waals surface area contributed by atoms with Crippen LogP contribution in [0.4, 0.5) is 0 Å². The fourth-order valence-electron chi connectivity index (χ4n) is 1.20. The molecule has 0 radical (unpaired) electrons. The van der Waals surface area contributed by atoms with E-state index in [0.29, 0.717) is 19.5 Å². The predicted molar refractivity (Wildman–Crippen MR) is 52.6 cm³/mol. The summed E-state index contributed by atoms with van der Waals surface area (Å²) in [5.41, 5.74) is 0. The molecule has 2 amide bonds. The van der Waals surface area contributed by atoms with Crippen molar-refractivity contribution in [2.75, 3.05) is 31.6 Å². The van der Waals surface area contributed by atoms with Crippen molar-refractivity contribution in [3.63, 3.8) is 0 Å². The lowest BCUT2D eigenvalue weighted by molar-refractivity contribution is -0.137. The Kier molecular flexibility index (Phi) is 4.08. The van der Waals surface area contributed by atoms with E-state index in [0.717, 1.165) is 5.75 Å². The van der Waals surface area contributed by atoms with Crippen LogP contribution in [-0.2, 0) is 9.59 Å². The molecule has 0 atom stereocenters. The second kappa shape index (κ2) is 5.11. The van der Waals surface area contributed by atoms with Crippen LogP contribution < -0.4 is 5.32 Å². The summed E-state index contributed by atoms with van der Waals surface area (Å²) in [4.78, 5) is 24.0. The molecule has 0 spiro atoms. The molecule has 1 saturated heterocycles. The van der Waals surface area contributed by atoms with Crippen molar-refractivity contribution in [3.8, 4) is 0 Å². The van der Waals surface area contributed by atoms with Gasteiger partial charge in [0.15, 0.2) is 0 Å². The van der Waals surface area contributed by atoms with Gasteiger partial charge in [-0.15, -0.1) is 0 Å². The van der Waals surface area contributed by atoms with Crippen molar-refractivity contribution in [1.82, 2.24) is 10.2 Å². The van der Waals surface area contributed by atoms with Gasteiger partial charge in [-0.3, -0.25) is 9.59 Å². The maximum atomic E-state index is 11.4. The lowest BCUT2D eigenvalue weighted by Crippen LogP contribution is -2.50. The lowest BCUT2D eigenvalue weighted by Gasteiger charge is -2.26. The van der Waals surface area contributed by atoms with Crippen LogP contribution in [0.3, 0.4) is 0 Å². The first-order valence-electron chi connectivity index (χ1n) is 4.27. The number of rotatable bonds is 3. The van der Waals surface area contributed by atoms with Crippen molar-refractivity contribution in [2.24, 2.45) is 0 Å². The third-order valence-corrected chi connectivity index (χ3v) is 2.52. The molecule has 0 aromatic heterocycles. The zero-order valence-electron chi connectivity index (χ0n) is 7.71. The molecule has 0 aliphatic carbocycles. The molecule has 1 aliphatic rings. The van der Waals surface area contributed by atoms with Gasteiger partial charge in [-0.05, 0) is 6.26 Å². The van der Waals surface area contributed by atoms with Crippen molar-refractivity contribution >= 4 is 23.6 Å². The van der Waals surface area contributed by atoms with Gasteiger partial charge in [0, 0.05) is 25.3 Å². The summed E-state index contributed by atoms with van der Waals surface area (Å²) in [5, 5.41) is 2.68. The van der Waals surface area contributed by atoms with E-state index in [-0.39, 0.29) is 18.4 Å². The Morgan fingerprint density at radius 3 is 3.08 bits per heavy atom. The molecule has 0 aromatic carbocycles. The number of nitrogens with zero attached hydrogens (tertiary/aromatic N) is 1. The monoisotopic (exact) mass is 202 g/mol. The average molecular weight is 202 g/mol. The summed E-state index contributed by atoms with van der Waals surface area (Å²) in [6.07, 6.45) is 2.50. The van der Waals surface area contributed by atoms with Gasteiger partial charge in [0.25, 0.3) is 0 Å². The van der Waals surface area contributed by atoms with Crippen molar-refractivity contribution < 1.29 is 9.59 Å². The second-order valence-electron chi connectivity index (χ2n) is 2.91. The minimum atomic E-state index is -0.0521. The third kappa shape index (κ3) is 3.26. The third-order valence-electron chi connectivity index (χ3n) is 1.91. The first-order valence-corrected chi connectivity index (χ1v) is 5.67. The van der Waals surface area contributed by atoms with Gasteiger partial charge in [0.05, 0.1) is 6.54 Å². The summed E-state index contributed by atoms with van der Waals surface area (Å²) in [5.74, 6) is 0.865. The number of hydrogen-bond acceptors (Lipinski definition) is 3. The van der Waals surface area contributed by atoms with Crippen LogP contribution in [0.5, 0.6) is 0 Å². The van der Waals surface area contributed by atoms with E-state index in [1.807, 2.05) is 6.26 Å². The Bertz CT molecular complexity index is 208. The first-order chi connectivity index (χ1) is 6.24. The van der Waals surface area contributed by atoms with Crippen LogP contribution in [0, 0.1) is 0 Å². The summed E-state index contributed by atoms with van der Waals surface area (Å²) in [6, 6.07) is 0. The molecular formula is C8H14N2O2S. The Hall–Kier alpha value is -0.710. The number of thioether (sulfide) groups is 1. The predicted octanol–water partition coefficient (Wildman–Crippen LogP) is -0.302. The molecule has 13 heavy (non-hydrogen) atoms. The van der Waals surface area contributed by atoms with Crippen molar-refractivity contribution in [3.05, 3.63) is 0 Å². The second-order valence-corrected chi connectivity index (χ2v) is 3.89. The quantitative estimate of drug-likeness (QED) is 0.683. The molecule has 4 nitrogen and oxygen atoms in total. The minimum Gasteiger partial charge on any atom is -0.353 e. The molecule has 0 unspecified atom stereocenters. The number of carbonyl (C=O) groups excluding carboxylic acids is 2. The zero-order valence-corrected chi connectivity index (χ0v) is 8.52. The standard InChI is InChI=1S/C8H14N2O2S/c1-13-5-2-8(12)10-4-3-9-7(11)6-10/h2-6H2,1H3,(H,9,11). The Balaban J connectivity index is 2.32. The lowest BCUT2D eigenvalue weighted by atomic mass is 10.3. The average Bonchev–Trinajstić information content (AvgIpc) is 2.14. The van der Waals surface area contributed by atoms with Gasteiger partial charge in [0.2, 0.25) is 11.8 Å². The molecule has 1 N–H and O–H groups in total. The Morgan fingerprint density at radius 1 is 1.69 bits per heavy atom. The van der Waals surface area contributed by atoms with Crippen LogP contribution in [0.2, 0.25) is 0 Å². The van der Waals surface area contributed by atoms with Gasteiger partial charge in [-0.2, -0.15) is 11.8 Å². The van der Waals surface area contributed by atoms with E-state index < -0.39 is 0 Å². The van der Waals surface area contributed by atoms with Gasteiger partial charge in [-0.1, -0.05) is 0 Å². The molecular weight excluding hydrogens is 188 g/mol. The normalized spacial score (nSPS) is 17.0. The number of nitrogens with one attached hydrogen (secondary N) is 1. The largest absolute Gasteiger partial charge is 0.353 e. The molecule has 5 heteroatoms. The van der Waals surface area contributed by atoms with Crippen LogP contribution in [0.25, 0.3) is 0 Å². The van der Waals surface area contributed by atoms with Gasteiger partial charge < -0.3 is 10.2 Å². The molecule has 1 heterocycles. The molecule has 1 aliphatic heterocycles. The van der Waals surface area contributed by atoms with Gasteiger partial charge in [-0.25, -0.2) is 0 Å². The molecule has 0 aromatic rings. The SMILES string of the molecule is CSCCC(=O)N1CCNC(=O)C1. The first kappa shape index (κ1) is 10.4.